The van der Waals surface area contributed by atoms with Gasteiger partial charge in [0.2, 0.25) is 0 Å². The molecule has 0 heterocycles. The summed E-state index contributed by atoms with van der Waals surface area (Å²) in [4.78, 5) is 4.67. The monoisotopic (exact) mass is 280 g/mol. The van der Waals surface area contributed by atoms with Gasteiger partial charge in [-0.1, -0.05) is 41.6 Å². The zero-order valence-corrected chi connectivity index (χ0v) is 12.0. The molecule has 0 aliphatic heterocycles. The SMILES string of the molecule is CON=C(C#N)c1cccc(COc2ccccc2C)c1. The van der Waals surface area contributed by atoms with Gasteiger partial charge in [0.15, 0.2) is 5.71 Å². The molecule has 0 spiro atoms. The lowest BCUT2D eigenvalue weighted by molar-refractivity contribution is 0.214. The fourth-order valence-electron chi connectivity index (χ4n) is 1.92. The molecule has 4 nitrogen and oxygen atoms in total. The predicted octanol–water partition coefficient (Wildman–Crippen LogP) is 3.45. The molecule has 2 aromatic carbocycles. The minimum absolute atomic E-state index is 0.246. The summed E-state index contributed by atoms with van der Waals surface area (Å²) >= 11 is 0. The summed E-state index contributed by atoms with van der Waals surface area (Å²) in [6.45, 7) is 2.44. The highest BCUT2D eigenvalue weighted by Crippen LogP contribution is 2.18. The number of hydrogen-bond donors (Lipinski definition) is 0. The van der Waals surface area contributed by atoms with Crippen LogP contribution < -0.4 is 4.74 Å². The summed E-state index contributed by atoms with van der Waals surface area (Å²) in [5, 5.41) is 12.8. The van der Waals surface area contributed by atoms with E-state index in [0.29, 0.717) is 12.2 Å². The van der Waals surface area contributed by atoms with Crippen LogP contribution in [0.3, 0.4) is 0 Å². The Hall–Kier alpha value is -2.80. The molecule has 0 bridgehead atoms. The van der Waals surface area contributed by atoms with Crippen molar-refractivity contribution < 1.29 is 9.57 Å². The first-order valence-electron chi connectivity index (χ1n) is 6.53. The third-order valence-electron chi connectivity index (χ3n) is 2.98. The van der Waals surface area contributed by atoms with E-state index in [0.717, 1.165) is 16.9 Å². The molecule has 4 heteroatoms. The largest absolute Gasteiger partial charge is 0.489 e. The van der Waals surface area contributed by atoms with Gasteiger partial charge in [0.25, 0.3) is 0 Å². The van der Waals surface area contributed by atoms with Crippen molar-refractivity contribution in [2.24, 2.45) is 5.16 Å². The summed E-state index contributed by atoms with van der Waals surface area (Å²) in [6, 6.07) is 17.4. The van der Waals surface area contributed by atoms with Crippen molar-refractivity contribution in [3.8, 4) is 11.8 Å². The highest BCUT2D eigenvalue weighted by molar-refractivity contribution is 6.11. The fraction of sp³-hybridized carbons (Fsp3) is 0.176. The number of nitriles is 1. The molecule has 0 radical (unpaired) electrons. The van der Waals surface area contributed by atoms with Crippen LogP contribution in [0.1, 0.15) is 16.7 Å². The molecule has 0 aliphatic rings. The predicted molar refractivity (Wildman–Crippen MR) is 81.1 cm³/mol. The second-order valence-corrected chi connectivity index (χ2v) is 4.49. The zero-order chi connectivity index (χ0) is 15.1. The van der Waals surface area contributed by atoms with Crippen LogP contribution in [0.2, 0.25) is 0 Å². The number of nitrogens with zero attached hydrogens (tertiary/aromatic N) is 2. The van der Waals surface area contributed by atoms with Crippen LogP contribution in [0.5, 0.6) is 5.75 Å². The van der Waals surface area contributed by atoms with Crippen molar-refractivity contribution in [3.63, 3.8) is 0 Å². The van der Waals surface area contributed by atoms with Crippen LogP contribution in [0, 0.1) is 18.3 Å². The van der Waals surface area contributed by atoms with E-state index in [2.05, 4.69) is 9.99 Å². The first-order valence-corrected chi connectivity index (χ1v) is 6.53. The summed E-state index contributed by atoms with van der Waals surface area (Å²) in [6.07, 6.45) is 0. The standard InChI is InChI=1S/C17H16N2O2/c1-13-6-3-4-9-17(13)21-12-14-7-5-8-15(10-14)16(11-18)19-20-2/h3-10H,12H2,1-2H3. The second kappa shape index (κ2) is 7.11. The minimum Gasteiger partial charge on any atom is -0.489 e. The molecule has 2 aromatic rings. The number of benzene rings is 2. The van der Waals surface area contributed by atoms with E-state index in [1.807, 2.05) is 61.5 Å². The van der Waals surface area contributed by atoms with E-state index < -0.39 is 0 Å². The average molecular weight is 280 g/mol. The third kappa shape index (κ3) is 3.83. The molecule has 0 amide bonds. The quantitative estimate of drug-likeness (QED) is 0.622. The molecule has 0 aliphatic carbocycles. The first kappa shape index (κ1) is 14.6. The van der Waals surface area contributed by atoms with Crippen LogP contribution >= 0.6 is 0 Å². The van der Waals surface area contributed by atoms with Crippen molar-refractivity contribution in [1.82, 2.24) is 0 Å². The van der Waals surface area contributed by atoms with E-state index in [9.17, 15) is 0 Å². The lowest BCUT2D eigenvalue weighted by Gasteiger charge is -2.09. The Bertz CT molecular complexity index is 687. The summed E-state index contributed by atoms with van der Waals surface area (Å²) < 4.78 is 5.80. The molecule has 0 atom stereocenters. The first-order chi connectivity index (χ1) is 10.2. The van der Waals surface area contributed by atoms with E-state index in [1.54, 1.807) is 0 Å². The van der Waals surface area contributed by atoms with Gasteiger partial charge in [0.05, 0.1) is 0 Å². The maximum Gasteiger partial charge on any atom is 0.186 e. The average Bonchev–Trinajstić information content (AvgIpc) is 2.52. The van der Waals surface area contributed by atoms with Crippen molar-refractivity contribution in [2.75, 3.05) is 7.11 Å². The number of oxime groups is 1. The summed E-state index contributed by atoms with van der Waals surface area (Å²) in [7, 11) is 1.42. The van der Waals surface area contributed by atoms with Gasteiger partial charge in [-0.2, -0.15) is 5.26 Å². The number of aryl methyl sites for hydroxylation is 1. The van der Waals surface area contributed by atoms with Crippen LogP contribution in [0.25, 0.3) is 0 Å². The van der Waals surface area contributed by atoms with Crippen molar-refractivity contribution in [1.29, 1.82) is 5.26 Å². The number of hydrogen-bond acceptors (Lipinski definition) is 4. The van der Waals surface area contributed by atoms with Gasteiger partial charge in [-0.05, 0) is 30.2 Å². The topological polar surface area (TPSA) is 54.6 Å². The van der Waals surface area contributed by atoms with Gasteiger partial charge in [-0.25, -0.2) is 0 Å². The summed E-state index contributed by atoms with van der Waals surface area (Å²) in [5.74, 6) is 0.856. The maximum absolute atomic E-state index is 9.05. The lowest BCUT2D eigenvalue weighted by Crippen LogP contribution is -2.01. The Morgan fingerprint density at radius 3 is 2.71 bits per heavy atom. The van der Waals surface area contributed by atoms with Crippen molar-refractivity contribution in [3.05, 3.63) is 65.2 Å². The molecule has 2 rings (SSSR count). The van der Waals surface area contributed by atoms with Gasteiger partial charge in [-0.15, -0.1) is 0 Å². The number of para-hydroxylation sites is 1. The van der Waals surface area contributed by atoms with E-state index in [4.69, 9.17) is 10.00 Å². The summed E-state index contributed by atoms with van der Waals surface area (Å²) in [5.41, 5.74) is 3.02. The van der Waals surface area contributed by atoms with Gasteiger partial charge in [0.1, 0.15) is 25.5 Å². The molecule has 106 valence electrons. The number of ether oxygens (including phenoxy) is 1. The molecular formula is C17H16N2O2. The molecular weight excluding hydrogens is 264 g/mol. The van der Waals surface area contributed by atoms with Gasteiger partial charge < -0.3 is 9.57 Å². The highest BCUT2D eigenvalue weighted by atomic mass is 16.6. The fourth-order valence-corrected chi connectivity index (χ4v) is 1.92. The van der Waals surface area contributed by atoms with Crippen LogP contribution in [0.4, 0.5) is 0 Å². The second-order valence-electron chi connectivity index (χ2n) is 4.49. The van der Waals surface area contributed by atoms with Gasteiger partial charge in [-0.3, -0.25) is 0 Å². The van der Waals surface area contributed by atoms with Crippen molar-refractivity contribution >= 4 is 5.71 Å². The van der Waals surface area contributed by atoms with E-state index in [1.165, 1.54) is 7.11 Å². The Morgan fingerprint density at radius 2 is 2.00 bits per heavy atom. The molecule has 0 aromatic heterocycles. The van der Waals surface area contributed by atoms with E-state index in [-0.39, 0.29) is 5.71 Å². The van der Waals surface area contributed by atoms with E-state index >= 15 is 0 Å². The molecule has 0 saturated carbocycles. The van der Waals surface area contributed by atoms with Crippen LogP contribution in [-0.4, -0.2) is 12.8 Å². The molecule has 0 fully saturated rings. The smallest absolute Gasteiger partial charge is 0.186 e. The van der Waals surface area contributed by atoms with Crippen LogP contribution in [-0.2, 0) is 11.4 Å². The Labute approximate surface area is 124 Å². The number of rotatable bonds is 5. The van der Waals surface area contributed by atoms with Gasteiger partial charge >= 0.3 is 0 Å². The third-order valence-corrected chi connectivity index (χ3v) is 2.98. The normalized spacial score (nSPS) is 10.8. The molecule has 21 heavy (non-hydrogen) atoms. The van der Waals surface area contributed by atoms with Crippen LogP contribution in [0.15, 0.2) is 53.7 Å². The molecule has 0 N–H and O–H groups in total. The maximum atomic E-state index is 9.05. The zero-order valence-electron chi connectivity index (χ0n) is 12.0. The Balaban J connectivity index is 2.14. The lowest BCUT2D eigenvalue weighted by atomic mass is 10.1. The Kier molecular flexibility index (Phi) is 4.94. The minimum atomic E-state index is 0.246. The molecule has 0 saturated heterocycles. The highest BCUT2D eigenvalue weighted by Gasteiger charge is 2.05. The van der Waals surface area contributed by atoms with Gasteiger partial charge in [0, 0.05) is 5.56 Å². The molecule has 0 unspecified atom stereocenters. The Morgan fingerprint density at radius 1 is 1.19 bits per heavy atom. The van der Waals surface area contributed by atoms with Crippen molar-refractivity contribution in [2.45, 2.75) is 13.5 Å².